The van der Waals surface area contributed by atoms with Crippen molar-refractivity contribution in [3.05, 3.63) is 29.5 Å². The van der Waals surface area contributed by atoms with Crippen molar-refractivity contribution >= 4 is 48.7 Å². The third kappa shape index (κ3) is 1.91. The van der Waals surface area contributed by atoms with Crippen LogP contribution in [-0.2, 0) is 0 Å². The predicted octanol–water partition coefficient (Wildman–Crippen LogP) is 3.31. The highest BCUT2D eigenvalue weighted by molar-refractivity contribution is 9.24. The lowest BCUT2D eigenvalue weighted by Gasteiger charge is -2.00. The molecule has 6 heteroatoms. The fraction of sp³-hybridized carbons (Fsp3) is 0.111. The summed E-state index contributed by atoms with van der Waals surface area (Å²) in [7, 11) is 0. The van der Waals surface area contributed by atoms with Crippen LogP contribution in [0.4, 0.5) is 0 Å². The molecule has 0 unspecified atom stereocenters. The summed E-state index contributed by atoms with van der Waals surface area (Å²) in [4.78, 5) is 10.8. The van der Waals surface area contributed by atoms with Gasteiger partial charge in [0, 0.05) is 0 Å². The van der Waals surface area contributed by atoms with E-state index in [1.807, 2.05) is 6.07 Å². The molecule has 0 saturated heterocycles. The van der Waals surface area contributed by atoms with Gasteiger partial charge in [0.05, 0.1) is 9.12 Å². The molecular weight excluding hydrogens is 330 g/mol. The van der Waals surface area contributed by atoms with Crippen molar-refractivity contribution < 1.29 is 14.4 Å². The Bertz CT molecular complexity index is 521. The average molecular weight is 335 g/mol. The molecule has 0 spiro atoms. The van der Waals surface area contributed by atoms with E-state index in [9.17, 15) is 4.79 Å². The molecule has 0 saturated carbocycles. The van der Waals surface area contributed by atoms with Crippen LogP contribution in [0.25, 0.3) is 10.9 Å². The highest BCUT2D eigenvalue weighted by Gasteiger charge is 2.16. The van der Waals surface area contributed by atoms with E-state index in [4.69, 9.17) is 9.63 Å². The summed E-state index contributed by atoms with van der Waals surface area (Å²) < 4.78 is 4.71. The molecule has 0 radical (unpaired) electrons. The Hall–Kier alpha value is -0.880. The molecule has 15 heavy (non-hydrogen) atoms. The maximum absolute atomic E-state index is 10.8. The molecule has 0 atom stereocenters. The fourth-order valence-electron chi connectivity index (χ4n) is 1.25. The van der Waals surface area contributed by atoms with E-state index in [0.29, 0.717) is 10.9 Å². The van der Waals surface area contributed by atoms with Gasteiger partial charge in [-0.1, -0.05) is 43.1 Å². The predicted molar refractivity (Wildman–Crippen MR) is 61.6 cm³/mol. The lowest BCUT2D eigenvalue weighted by Crippen LogP contribution is -1.93. The molecule has 2 aromatic rings. The summed E-state index contributed by atoms with van der Waals surface area (Å²) in [6.07, 6.45) is 0. The molecule has 0 aliphatic heterocycles. The van der Waals surface area contributed by atoms with Crippen LogP contribution in [0.2, 0.25) is 0 Å². The van der Waals surface area contributed by atoms with Gasteiger partial charge in [-0.3, -0.25) is 0 Å². The standard InChI is InChI=1S/C9H5Br2NO3/c10-8(11)4-1-2-6-5(3-4)7(9(13)14)15-12-6/h1-3,8H,(H,13,14). The number of carbonyl (C=O) groups is 1. The molecule has 78 valence electrons. The van der Waals surface area contributed by atoms with Crippen molar-refractivity contribution in [1.82, 2.24) is 5.16 Å². The van der Waals surface area contributed by atoms with Crippen molar-refractivity contribution in [2.45, 2.75) is 3.74 Å². The van der Waals surface area contributed by atoms with Gasteiger partial charge in [-0.15, -0.1) is 0 Å². The monoisotopic (exact) mass is 333 g/mol. The minimum absolute atomic E-state index is 0.0223. The van der Waals surface area contributed by atoms with Gasteiger partial charge in [-0.05, 0) is 17.7 Å². The Kier molecular flexibility index (Phi) is 2.79. The second kappa shape index (κ2) is 3.94. The summed E-state index contributed by atoms with van der Waals surface area (Å²) >= 11 is 6.67. The lowest BCUT2D eigenvalue weighted by molar-refractivity contribution is 0.0655. The summed E-state index contributed by atoms with van der Waals surface area (Å²) in [5.74, 6) is -1.25. The molecule has 0 fully saturated rings. The number of aromatic nitrogens is 1. The summed E-state index contributed by atoms with van der Waals surface area (Å²) in [6.45, 7) is 0. The van der Waals surface area contributed by atoms with Crippen LogP contribution in [-0.4, -0.2) is 16.2 Å². The molecule has 1 heterocycles. The van der Waals surface area contributed by atoms with Gasteiger partial charge >= 0.3 is 5.97 Å². The normalized spacial score (nSPS) is 11.1. The van der Waals surface area contributed by atoms with Gasteiger partial charge in [-0.2, -0.15) is 0 Å². The molecule has 0 amide bonds. The van der Waals surface area contributed by atoms with Crippen LogP contribution < -0.4 is 0 Å². The average Bonchev–Trinajstić information content (AvgIpc) is 2.59. The molecular formula is C9H5Br2NO3. The van der Waals surface area contributed by atoms with Gasteiger partial charge in [0.2, 0.25) is 0 Å². The molecule has 0 aliphatic rings. The van der Waals surface area contributed by atoms with Crippen LogP contribution in [0.3, 0.4) is 0 Å². The Balaban J connectivity index is 2.66. The Labute approximate surface area is 101 Å². The van der Waals surface area contributed by atoms with Gasteiger partial charge < -0.3 is 9.63 Å². The van der Waals surface area contributed by atoms with E-state index in [1.165, 1.54) is 0 Å². The molecule has 1 N–H and O–H groups in total. The van der Waals surface area contributed by atoms with Crippen molar-refractivity contribution in [3.63, 3.8) is 0 Å². The van der Waals surface area contributed by atoms with Gasteiger partial charge in [-0.25, -0.2) is 4.79 Å². The Morgan fingerprint density at radius 3 is 2.80 bits per heavy atom. The SMILES string of the molecule is O=C(O)c1onc2ccc(C(Br)Br)cc12. The zero-order valence-corrected chi connectivity index (χ0v) is 10.4. The van der Waals surface area contributed by atoms with Crippen molar-refractivity contribution in [1.29, 1.82) is 0 Å². The van der Waals surface area contributed by atoms with Crippen LogP contribution >= 0.6 is 31.9 Å². The van der Waals surface area contributed by atoms with Crippen molar-refractivity contribution in [2.24, 2.45) is 0 Å². The first-order chi connectivity index (χ1) is 7.09. The van der Waals surface area contributed by atoms with Crippen LogP contribution in [0.1, 0.15) is 19.9 Å². The molecule has 1 aromatic carbocycles. The van der Waals surface area contributed by atoms with Gasteiger partial charge in [0.1, 0.15) is 5.52 Å². The summed E-state index contributed by atoms with van der Waals surface area (Å²) in [5.41, 5.74) is 1.45. The second-order valence-corrected chi connectivity index (χ2v) is 5.95. The highest BCUT2D eigenvalue weighted by Crippen LogP contribution is 2.31. The number of rotatable bonds is 2. The molecule has 1 aromatic heterocycles. The topological polar surface area (TPSA) is 63.3 Å². The maximum atomic E-state index is 10.8. The van der Waals surface area contributed by atoms with Gasteiger partial charge in [0.15, 0.2) is 0 Å². The van der Waals surface area contributed by atoms with E-state index >= 15 is 0 Å². The van der Waals surface area contributed by atoms with E-state index in [1.54, 1.807) is 12.1 Å². The number of hydrogen-bond acceptors (Lipinski definition) is 3. The van der Waals surface area contributed by atoms with E-state index in [0.717, 1.165) is 5.56 Å². The first kappa shape index (κ1) is 10.6. The van der Waals surface area contributed by atoms with Crippen LogP contribution in [0, 0.1) is 0 Å². The highest BCUT2D eigenvalue weighted by atomic mass is 79.9. The largest absolute Gasteiger partial charge is 0.475 e. The number of alkyl halides is 2. The van der Waals surface area contributed by atoms with Crippen molar-refractivity contribution in [2.75, 3.05) is 0 Å². The molecule has 4 nitrogen and oxygen atoms in total. The minimum atomic E-state index is -1.12. The number of halogens is 2. The number of aromatic carboxylic acids is 1. The van der Waals surface area contributed by atoms with Crippen LogP contribution in [0.15, 0.2) is 22.7 Å². The lowest BCUT2D eigenvalue weighted by atomic mass is 10.1. The Morgan fingerprint density at radius 1 is 1.47 bits per heavy atom. The summed E-state index contributed by atoms with van der Waals surface area (Å²) in [6, 6.07) is 5.28. The van der Waals surface area contributed by atoms with Crippen LogP contribution in [0.5, 0.6) is 0 Å². The minimum Gasteiger partial charge on any atom is -0.475 e. The number of nitrogens with zero attached hydrogens (tertiary/aromatic N) is 1. The number of fused-ring (bicyclic) bond motifs is 1. The number of hydrogen-bond donors (Lipinski definition) is 1. The Morgan fingerprint density at radius 2 is 2.20 bits per heavy atom. The molecule has 0 aliphatic carbocycles. The fourth-order valence-corrected chi connectivity index (χ4v) is 1.82. The number of carboxylic acids is 1. The number of benzene rings is 1. The van der Waals surface area contributed by atoms with E-state index in [-0.39, 0.29) is 9.50 Å². The zero-order valence-electron chi connectivity index (χ0n) is 7.28. The second-order valence-electron chi connectivity index (χ2n) is 2.89. The third-order valence-electron chi connectivity index (χ3n) is 1.95. The first-order valence-electron chi connectivity index (χ1n) is 4.00. The van der Waals surface area contributed by atoms with E-state index < -0.39 is 5.97 Å². The number of carboxylic acid groups (broad SMARTS) is 1. The molecule has 0 bridgehead atoms. The smallest absolute Gasteiger partial charge is 0.375 e. The van der Waals surface area contributed by atoms with E-state index in [2.05, 4.69) is 37.0 Å². The quantitative estimate of drug-likeness (QED) is 0.856. The third-order valence-corrected chi connectivity index (χ3v) is 3.00. The summed E-state index contributed by atoms with van der Waals surface area (Å²) in [5, 5.41) is 13.0. The van der Waals surface area contributed by atoms with Crippen molar-refractivity contribution in [3.8, 4) is 0 Å². The molecule has 2 rings (SSSR count). The first-order valence-corrected chi connectivity index (χ1v) is 5.83. The maximum Gasteiger partial charge on any atom is 0.375 e. The zero-order chi connectivity index (χ0) is 11.0. The van der Waals surface area contributed by atoms with Gasteiger partial charge in [0.25, 0.3) is 5.76 Å².